The van der Waals surface area contributed by atoms with E-state index in [1.165, 1.54) is 10.8 Å². The Kier molecular flexibility index (Phi) is 5.19. The van der Waals surface area contributed by atoms with E-state index < -0.39 is 5.91 Å². The fourth-order valence-electron chi connectivity index (χ4n) is 2.06. The first-order chi connectivity index (χ1) is 12.1. The van der Waals surface area contributed by atoms with E-state index in [4.69, 9.17) is 14.6 Å². The minimum Gasteiger partial charge on any atom is -0.467 e. The lowest BCUT2D eigenvalue weighted by atomic mass is 10.4. The van der Waals surface area contributed by atoms with Gasteiger partial charge in [0.25, 0.3) is 0 Å². The number of hydrogen-bond donors (Lipinski definition) is 2. The molecular formula is C15H15N5O4S. The Hall–Kier alpha value is -3.01. The van der Waals surface area contributed by atoms with E-state index in [-0.39, 0.29) is 18.2 Å². The molecule has 10 heteroatoms. The zero-order valence-electron chi connectivity index (χ0n) is 13.0. The number of carbonyl (C=O) groups is 2. The number of aromatic nitrogens is 3. The highest BCUT2D eigenvalue weighted by Gasteiger charge is 2.18. The van der Waals surface area contributed by atoms with Gasteiger partial charge in [0.15, 0.2) is 10.9 Å². The highest BCUT2D eigenvalue weighted by molar-refractivity contribution is 7.99. The van der Waals surface area contributed by atoms with Crippen LogP contribution < -0.4 is 11.1 Å². The van der Waals surface area contributed by atoms with Crippen molar-refractivity contribution in [3.8, 4) is 11.6 Å². The summed E-state index contributed by atoms with van der Waals surface area (Å²) in [6, 6.07) is 6.92. The molecule has 0 spiro atoms. The van der Waals surface area contributed by atoms with Crippen LogP contribution >= 0.6 is 11.8 Å². The van der Waals surface area contributed by atoms with E-state index in [1.54, 1.807) is 30.5 Å². The molecule has 0 saturated heterocycles. The number of rotatable bonds is 8. The predicted molar refractivity (Wildman–Crippen MR) is 88.2 cm³/mol. The second-order valence-electron chi connectivity index (χ2n) is 4.98. The monoisotopic (exact) mass is 361 g/mol. The summed E-state index contributed by atoms with van der Waals surface area (Å²) in [5.74, 6) is 0.863. The van der Waals surface area contributed by atoms with Gasteiger partial charge < -0.3 is 19.9 Å². The summed E-state index contributed by atoms with van der Waals surface area (Å²) in [4.78, 5) is 23.3. The first-order valence-electron chi connectivity index (χ1n) is 7.30. The number of carbonyl (C=O) groups excluding carboxylic acids is 2. The first kappa shape index (κ1) is 16.8. The van der Waals surface area contributed by atoms with Crippen molar-refractivity contribution in [2.45, 2.75) is 18.2 Å². The van der Waals surface area contributed by atoms with Crippen molar-refractivity contribution in [2.24, 2.45) is 5.73 Å². The molecule has 0 unspecified atom stereocenters. The Balaban J connectivity index is 1.65. The molecule has 0 atom stereocenters. The number of furan rings is 2. The lowest BCUT2D eigenvalue weighted by Crippen LogP contribution is -2.25. The fourth-order valence-corrected chi connectivity index (χ4v) is 2.83. The first-order valence-corrected chi connectivity index (χ1v) is 8.29. The number of nitrogens with one attached hydrogen (secondary N) is 1. The van der Waals surface area contributed by atoms with Crippen LogP contribution in [0, 0.1) is 0 Å². The lowest BCUT2D eigenvalue weighted by molar-refractivity contribution is -0.119. The summed E-state index contributed by atoms with van der Waals surface area (Å²) < 4.78 is 12.0. The molecule has 0 fully saturated rings. The number of primary amides is 1. The molecular weight excluding hydrogens is 346 g/mol. The van der Waals surface area contributed by atoms with Crippen molar-refractivity contribution in [1.82, 2.24) is 20.1 Å². The van der Waals surface area contributed by atoms with Crippen LogP contribution in [0.5, 0.6) is 0 Å². The van der Waals surface area contributed by atoms with Gasteiger partial charge in [0.1, 0.15) is 12.3 Å². The van der Waals surface area contributed by atoms with E-state index in [0.29, 0.717) is 29.0 Å². The predicted octanol–water partition coefficient (Wildman–Crippen LogP) is 1.02. The Bertz CT molecular complexity index is 842. The van der Waals surface area contributed by atoms with Crippen molar-refractivity contribution < 1.29 is 18.4 Å². The van der Waals surface area contributed by atoms with Crippen LogP contribution in [0.3, 0.4) is 0 Å². The van der Waals surface area contributed by atoms with Crippen molar-refractivity contribution in [2.75, 3.05) is 5.75 Å². The molecule has 3 aromatic heterocycles. The summed E-state index contributed by atoms with van der Waals surface area (Å²) in [5, 5.41) is 11.2. The second-order valence-corrected chi connectivity index (χ2v) is 5.92. The van der Waals surface area contributed by atoms with Gasteiger partial charge in [-0.1, -0.05) is 11.8 Å². The number of hydrogen-bond acceptors (Lipinski definition) is 7. The molecule has 2 amide bonds. The van der Waals surface area contributed by atoms with E-state index in [0.717, 1.165) is 11.8 Å². The summed E-state index contributed by atoms with van der Waals surface area (Å²) in [6.07, 6.45) is 3.03. The molecule has 0 radical (unpaired) electrons. The van der Waals surface area contributed by atoms with Gasteiger partial charge in [-0.15, -0.1) is 10.2 Å². The SMILES string of the molecule is NC(=O)Cn1c(SCC(=O)NCc2ccco2)nnc1-c1ccco1. The van der Waals surface area contributed by atoms with Crippen molar-refractivity contribution in [3.63, 3.8) is 0 Å². The second kappa shape index (κ2) is 7.71. The molecule has 3 heterocycles. The molecule has 3 N–H and O–H groups in total. The van der Waals surface area contributed by atoms with Crippen LogP contribution in [0.15, 0.2) is 50.8 Å². The number of nitrogens with two attached hydrogens (primary N) is 1. The van der Waals surface area contributed by atoms with E-state index in [2.05, 4.69) is 15.5 Å². The van der Waals surface area contributed by atoms with E-state index >= 15 is 0 Å². The van der Waals surface area contributed by atoms with Gasteiger partial charge in [-0.3, -0.25) is 14.2 Å². The van der Waals surface area contributed by atoms with Gasteiger partial charge >= 0.3 is 0 Å². The summed E-state index contributed by atoms with van der Waals surface area (Å²) in [5.41, 5.74) is 5.29. The van der Waals surface area contributed by atoms with Gasteiger partial charge in [0.05, 0.1) is 24.8 Å². The molecule has 0 aromatic carbocycles. The number of thioether (sulfide) groups is 1. The summed E-state index contributed by atoms with van der Waals surface area (Å²) in [6.45, 7) is 0.192. The topological polar surface area (TPSA) is 129 Å². The van der Waals surface area contributed by atoms with Crippen molar-refractivity contribution >= 4 is 23.6 Å². The molecule has 0 aliphatic carbocycles. The number of nitrogens with zero attached hydrogens (tertiary/aromatic N) is 3. The average Bonchev–Trinajstić information content (AvgIpc) is 3.32. The maximum atomic E-state index is 11.9. The molecule has 0 aliphatic rings. The summed E-state index contributed by atoms with van der Waals surface area (Å²) in [7, 11) is 0. The third-order valence-corrected chi connectivity index (χ3v) is 4.11. The van der Waals surface area contributed by atoms with E-state index in [9.17, 15) is 9.59 Å². The van der Waals surface area contributed by atoms with E-state index in [1.807, 2.05) is 0 Å². The van der Waals surface area contributed by atoms with Crippen LogP contribution in [0.2, 0.25) is 0 Å². The van der Waals surface area contributed by atoms with Crippen molar-refractivity contribution in [1.29, 1.82) is 0 Å². The molecule has 3 rings (SSSR count). The van der Waals surface area contributed by atoms with Crippen LogP contribution in [-0.4, -0.2) is 32.3 Å². The number of amides is 2. The zero-order valence-corrected chi connectivity index (χ0v) is 13.9. The maximum absolute atomic E-state index is 11.9. The van der Waals surface area contributed by atoms with Crippen LogP contribution in [0.25, 0.3) is 11.6 Å². The third kappa shape index (κ3) is 4.29. The normalized spacial score (nSPS) is 10.7. The Morgan fingerprint density at radius 1 is 1.20 bits per heavy atom. The molecule has 25 heavy (non-hydrogen) atoms. The van der Waals surface area contributed by atoms with Gasteiger partial charge in [-0.25, -0.2) is 0 Å². The van der Waals surface area contributed by atoms with Crippen molar-refractivity contribution in [3.05, 3.63) is 42.6 Å². The Labute approximate surface area is 146 Å². The molecule has 9 nitrogen and oxygen atoms in total. The standard InChI is InChI=1S/C15H15N5O4S/c16-12(21)8-20-14(11-4-2-6-24-11)18-19-15(20)25-9-13(22)17-7-10-3-1-5-23-10/h1-6H,7-9H2,(H2,16,21)(H,17,22). The molecule has 0 saturated carbocycles. The lowest BCUT2D eigenvalue weighted by Gasteiger charge is -2.07. The molecule has 0 aliphatic heterocycles. The third-order valence-electron chi connectivity index (χ3n) is 3.14. The highest BCUT2D eigenvalue weighted by Crippen LogP contribution is 2.24. The smallest absolute Gasteiger partial charge is 0.237 e. The molecule has 3 aromatic rings. The summed E-state index contributed by atoms with van der Waals surface area (Å²) >= 11 is 1.15. The van der Waals surface area contributed by atoms with Crippen LogP contribution in [0.4, 0.5) is 0 Å². The van der Waals surface area contributed by atoms with Gasteiger partial charge in [0, 0.05) is 0 Å². The maximum Gasteiger partial charge on any atom is 0.237 e. The van der Waals surface area contributed by atoms with Gasteiger partial charge in [0.2, 0.25) is 17.6 Å². The minimum atomic E-state index is -0.545. The quantitative estimate of drug-likeness (QED) is 0.573. The largest absolute Gasteiger partial charge is 0.467 e. The minimum absolute atomic E-state index is 0.107. The highest BCUT2D eigenvalue weighted by atomic mass is 32.2. The molecule has 130 valence electrons. The fraction of sp³-hybridized carbons (Fsp3) is 0.200. The Morgan fingerprint density at radius 3 is 2.68 bits per heavy atom. The van der Waals surface area contributed by atoms with Gasteiger partial charge in [-0.2, -0.15) is 0 Å². The average molecular weight is 361 g/mol. The van der Waals surface area contributed by atoms with Crippen LogP contribution in [0.1, 0.15) is 5.76 Å². The van der Waals surface area contributed by atoms with Gasteiger partial charge in [-0.05, 0) is 24.3 Å². The molecule has 0 bridgehead atoms. The van der Waals surface area contributed by atoms with Crippen LogP contribution in [-0.2, 0) is 22.7 Å². The Morgan fingerprint density at radius 2 is 2.00 bits per heavy atom. The zero-order chi connectivity index (χ0) is 17.6.